The van der Waals surface area contributed by atoms with Crippen LogP contribution < -0.4 is 21.3 Å². The SMILES string of the molecule is Nc1cccc(OCC2CC(c3ccc(-c4ccccc4)cc3)NN2)c1. The maximum atomic E-state index is 5.85. The minimum Gasteiger partial charge on any atom is -0.492 e. The maximum Gasteiger partial charge on any atom is 0.121 e. The van der Waals surface area contributed by atoms with Gasteiger partial charge in [-0.1, -0.05) is 60.7 Å². The average Bonchev–Trinajstić information content (AvgIpc) is 3.16. The van der Waals surface area contributed by atoms with E-state index >= 15 is 0 Å². The number of ether oxygens (including phenoxy) is 1. The molecule has 0 saturated carbocycles. The molecule has 2 unspecified atom stereocenters. The van der Waals surface area contributed by atoms with Crippen molar-refractivity contribution in [2.75, 3.05) is 12.3 Å². The smallest absolute Gasteiger partial charge is 0.121 e. The molecular formula is C22H23N3O. The lowest BCUT2D eigenvalue weighted by atomic mass is 9.98. The molecule has 3 aromatic rings. The van der Waals surface area contributed by atoms with Crippen LogP contribution in [0.1, 0.15) is 18.0 Å². The van der Waals surface area contributed by atoms with E-state index in [0.717, 1.165) is 17.9 Å². The van der Waals surface area contributed by atoms with Gasteiger partial charge in [-0.2, -0.15) is 0 Å². The standard InChI is InChI=1S/C22H23N3O/c23-19-7-4-8-21(13-19)26-15-20-14-22(25-24-20)18-11-9-17(10-12-18)16-5-2-1-3-6-16/h1-13,20,22,24-25H,14-15,23H2. The largest absolute Gasteiger partial charge is 0.492 e. The van der Waals surface area contributed by atoms with Crippen molar-refractivity contribution in [1.29, 1.82) is 0 Å². The number of nitrogen functional groups attached to an aromatic ring is 1. The van der Waals surface area contributed by atoms with E-state index < -0.39 is 0 Å². The maximum absolute atomic E-state index is 5.85. The van der Waals surface area contributed by atoms with Gasteiger partial charge in [0.15, 0.2) is 0 Å². The van der Waals surface area contributed by atoms with Crippen molar-refractivity contribution in [2.45, 2.75) is 18.5 Å². The van der Waals surface area contributed by atoms with Crippen LogP contribution in [0.5, 0.6) is 5.75 Å². The number of nitrogens with one attached hydrogen (secondary N) is 2. The van der Waals surface area contributed by atoms with Crippen LogP contribution in [0.4, 0.5) is 5.69 Å². The molecule has 4 N–H and O–H groups in total. The van der Waals surface area contributed by atoms with Crippen molar-refractivity contribution in [3.8, 4) is 16.9 Å². The number of hydrogen-bond donors (Lipinski definition) is 3. The van der Waals surface area contributed by atoms with Crippen LogP contribution in [0.15, 0.2) is 78.9 Å². The quantitative estimate of drug-likeness (QED) is 0.614. The Labute approximate surface area is 154 Å². The van der Waals surface area contributed by atoms with Gasteiger partial charge in [0, 0.05) is 17.8 Å². The van der Waals surface area contributed by atoms with Crippen molar-refractivity contribution >= 4 is 5.69 Å². The van der Waals surface area contributed by atoms with Gasteiger partial charge < -0.3 is 10.5 Å². The Morgan fingerprint density at radius 1 is 0.846 bits per heavy atom. The molecule has 0 bridgehead atoms. The minimum absolute atomic E-state index is 0.259. The van der Waals surface area contributed by atoms with Gasteiger partial charge in [-0.3, -0.25) is 5.43 Å². The van der Waals surface area contributed by atoms with Crippen molar-refractivity contribution < 1.29 is 4.74 Å². The van der Waals surface area contributed by atoms with Gasteiger partial charge in [-0.25, -0.2) is 5.43 Å². The molecule has 1 fully saturated rings. The highest BCUT2D eigenvalue weighted by molar-refractivity contribution is 5.63. The zero-order chi connectivity index (χ0) is 17.8. The zero-order valence-corrected chi connectivity index (χ0v) is 14.6. The van der Waals surface area contributed by atoms with Crippen LogP contribution in [0, 0.1) is 0 Å². The van der Waals surface area contributed by atoms with Gasteiger partial charge >= 0.3 is 0 Å². The summed E-state index contributed by atoms with van der Waals surface area (Å²) in [7, 11) is 0. The first-order valence-corrected chi connectivity index (χ1v) is 8.93. The lowest BCUT2D eigenvalue weighted by Crippen LogP contribution is -2.34. The van der Waals surface area contributed by atoms with Gasteiger partial charge in [0.05, 0.1) is 6.04 Å². The van der Waals surface area contributed by atoms with E-state index in [1.54, 1.807) is 0 Å². The Kier molecular flexibility index (Phi) is 4.86. The number of benzene rings is 3. The van der Waals surface area contributed by atoms with E-state index in [0.29, 0.717) is 6.61 Å². The molecule has 4 rings (SSSR count). The normalized spacial score (nSPS) is 19.4. The molecular weight excluding hydrogens is 322 g/mol. The molecule has 132 valence electrons. The second-order valence-electron chi connectivity index (χ2n) is 6.65. The predicted molar refractivity (Wildman–Crippen MR) is 106 cm³/mol. The van der Waals surface area contributed by atoms with Gasteiger partial charge in [-0.05, 0) is 35.2 Å². The summed E-state index contributed by atoms with van der Waals surface area (Å²) in [5, 5.41) is 0. The highest BCUT2D eigenvalue weighted by atomic mass is 16.5. The fraction of sp³-hybridized carbons (Fsp3) is 0.182. The Hall–Kier alpha value is -2.82. The third kappa shape index (κ3) is 3.87. The molecule has 1 heterocycles. The third-order valence-corrected chi connectivity index (χ3v) is 4.71. The fourth-order valence-corrected chi connectivity index (χ4v) is 3.29. The van der Waals surface area contributed by atoms with E-state index in [-0.39, 0.29) is 12.1 Å². The monoisotopic (exact) mass is 345 g/mol. The van der Waals surface area contributed by atoms with Gasteiger partial charge in [0.25, 0.3) is 0 Å². The molecule has 0 aromatic heterocycles. The van der Waals surface area contributed by atoms with Crippen LogP contribution in [0.3, 0.4) is 0 Å². The molecule has 0 amide bonds. The second kappa shape index (κ2) is 7.60. The first-order chi connectivity index (χ1) is 12.8. The van der Waals surface area contributed by atoms with E-state index in [9.17, 15) is 0 Å². The third-order valence-electron chi connectivity index (χ3n) is 4.71. The summed E-state index contributed by atoms with van der Waals surface area (Å²) in [6.45, 7) is 0.606. The van der Waals surface area contributed by atoms with Crippen LogP contribution in [-0.2, 0) is 0 Å². The molecule has 0 radical (unpaired) electrons. The molecule has 0 aliphatic carbocycles. The highest BCUT2D eigenvalue weighted by Crippen LogP contribution is 2.26. The first kappa shape index (κ1) is 16.6. The molecule has 4 heteroatoms. The molecule has 0 spiro atoms. The van der Waals surface area contributed by atoms with Crippen molar-refractivity contribution in [3.05, 3.63) is 84.4 Å². The minimum atomic E-state index is 0.259. The summed E-state index contributed by atoms with van der Waals surface area (Å²) in [4.78, 5) is 0. The van der Waals surface area contributed by atoms with Gasteiger partial charge in [0.1, 0.15) is 12.4 Å². The van der Waals surface area contributed by atoms with E-state index in [4.69, 9.17) is 10.5 Å². The molecule has 2 atom stereocenters. The van der Waals surface area contributed by atoms with Crippen LogP contribution in [-0.4, -0.2) is 12.6 Å². The molecule has 4 nitrogen and oxygen atoms in total. The number of hydrogen-bond acceptors (Lipinski definition) is 4. The van der Waals surface area contributed by atoms with E-state index in [1.165, 1.54) is 16.7 Å². The molecule has 1 aliphatic rings. The summed E-state index contributed by atoms with van der Waals surface area (Å²) >= 11 is 0. The van der Waals surface area contributed by atoms with Crippen LogP contribution >= 0.6 is 0 Å². The van der Waals surface area contributed by atoms with Crippen molar-refractivity contribution in [1.82, 2.24) is 10.9 Å². The molecule has 3 aromatic carbocycles. The fourth-order valence-electron chi connectivity index (χ4n) is 3.29. The summed E-state index contributed by atoms with van der Waals surface area (Å²) in [6.07, 6.45) is 0.979. The van der Waals surface area contributed by atoms with Crippen LogP contribution in [0.2, 0.25) is 0 Å². The average molecular weight is 345 g/mol. The topological polar surface area (TPSA) is 59.3 Å². The lowest BCUT2D eigenvalue weighted by Gasteiger charge is -2.12. The number of rotatable bonds is 5. The number of hydrazine groups is 1. The zero-order valence-electron chi connectivity index (χ0n) is 14.6. The van der Waals surface area contributed by atoms with Gasteiger partial charge in [0.2, 0.25) is 0 Å². The highest BCUT2D eigenvalue weighted by Gasteiger charge is 2.25. The summed E-state index contributed by atoms with van der Waals surface area (Å²) in [5.74, 6) is 0.808. The molecule has 1 saturated heterocycles. The Balaban J connectivity index is 1.35. The van der Waals surface area contributed by atoms with Crippen molar-refractivity contribution in [2.24, 2.45) is 0 Å². The molecule has 1 aliphatic heterocycles. The van der Waals surface area contributed by atoms with Crippen molar-refractivity contribution in [3.63, 3.8) is 0 Å². The second-order valence-corrected chi connectivity index (χ2v) is 6.65. The van der Waals surface area contributed by atoms with Gasteiger partial charge in [-0.15, -0.1) is 0 Å². The summed E-state index contributed by atoms with van der Waals surface area (Å²) in [5.41, 5.74) is 17.0. The Morgan fingerprint density at radius 3 is 2.38 bits per heavy atom. The Bertz CT molecular complexity index is 849. The van der Waals surface area contributed by atoms with E-state index in [2.05, 4.69) is 59.4 Å². The molecule has 26 heavy (non-hydrogen) atoms. The predicted octanol–water partition coefficient (Wildman–Crippen LogP) is 3.92. The number of anilines is 1. The summed E-state index contributed by atoms with van der Waals surface area (Å²) < 4.78 is 5.85. The Morgan fingerprint density at radius 2 is 1.62 bits per heavy atom. The van der Waals surface area contributed by atoms with Crippen LogP contribution in [0.25, 0.3) is 11.1 Å². The first-order valence-electron chi connectivity index (χ1n) is 8.93. The number of nitrogens with two attached hydrogens (primary N) is 1. The van der Waals surface area contributed by atoms with E-state index in [1.807, 2.05) is 30.3 Å². The summed E-state index contributed by atoms with van der Waals surface area (Å²) in [6, 6.07) is 27.3. The lowest BCUT2D eigenvalue weighted by molar-refractivity contribution is 0.273.